The number of benzene rings is 1. The first-order chi connectivity index (χ1) is 9.88. The summed E-state index contributed by atoms with van der Waals surface area (Å²) >= 11 is -0.100. The molecule has 0 heterocycles. The molecule has 0 spiro atoms. The van der Waals surface area contributed by atoms with Crippen LogP contribution in [0.2, 0.25) is 0 Å². The molecule has 4 N–H and O–H groups in total. The lowest BCUT2D eigenvalue weighted by molar-refractivity contribution is -0.143. The maximum Gasteiger partial charge on any atom is 0.320 e. The van der Waals surface area contributed by atoms with Crippen molar-refractivity contribution in [3.63, 3.8) is 0 Å². The first kappa shape index (κ1) is 16.9. The van der Waals surface area contributed by atoms with Crippen molar-refractivity contribution in [3.8, 4) is 6.07 Å². The maximum atomic E-state index is 12.7. The molecule has 0 aromatic heterocycles. The van der Waals surface area contributed by atoms with E-state index in [4.69, 9.17) is 21.2 Å². The fourth-order valence-corrected chi connectivity index (χ4v) is 2.21. The van der Waals surface area contributed by atoms with E-state index >= 15 is 0 Å². The molecule has 2 atom stereocenters. The second-order valence-electron chi connectivity index (χ2n) is 4.44. The Balaban J connectivity index is 2.92. The molecule has 0 bridgehead atoms. The Morgan fingerprint density at radius 3 is 2.52 bits per heavy atom. The van der Waals surface area contributed by atoms with Gasteiger partial charge in [-0.3, -0.25) is 9.59 Å². The molecule has 8 heteroatoms. The highest BCUT2D eigenvalue weighted by Crippen LogP contribution is 2.26. The molecule has 112 valence electrons. The quantitative estimate of drug-likeness (QED) is 0.698. The van der Waals surface area contributed by atoms with E-state index in [0.29, 0.717) is 5.56 Å². The zero-order valence-corrected chi connectivity index (χ0v) is 11.6. The first-order valence-electron chi connectivity index (χ1n) is 5.91. The zero-order valence-electron chi connectivity index (χ0n) is 10.8. The SMILES string of the molecule is N#Cc1ccc(CC(CC(N)C(=O)O)C(=O)O)cc1SF. The summed E-state index contributed by atoms with van der Waals surface area (Å²) in [5.41, 5.74) is 5.99. The van der Waals surface area contributed by atoms with E-state index in [9.17, 15) is 13.5 Å². The van der Waals surface area contributed by atoms with Crippen LogP contribution in [0.15, 0.2) is 23.1 Å². The molecule has 0 amide bonds. The highest BCUT2D eigenvalue weighted by atomic mass is 32.2. The van der Waals surface area contributed by atoms with E-state index in [-0.39, 0.29) is 35.4 Å². The van der Waals surface area contributed by atoms with Gasteiger partial charge < -0.3 is 15.9 Å². The Kier molecular flexibility index (Phi) is 6.14. The summed E-state index contributed by atoms with van der Waals surface area (Å²) < 4.78 is 12.7. The number of halogens is 1. The molecule has 0 aliphatic heterocycles. The van der Waals surface area contributed by atoms with Crippen LogP contribution >= 0.6 is 12.1 Å². The predicted octanol–water partition coefficient (Wildman–Crippen LogP) is 1.58. The fourth-order valence-electron chi connectivity index (χ4n) is 1.81. The first-order valence-corrected chi connectivity index (χ1v) is 6.63. The lowest BCUT2D eigenvalue weighted by atomic mass is 9.92. The third kappa shape index (κ3) is 4.73. The molecular weight excluding hydrogens is 299 g/mol. The molecule has 21 heavy (non-hydrogen) atoms. The number of nitrogens with two attached hydrogens (primary N) is 1. The third-order valence-electron chi connectivity index (χ3n) is 2.94. The molecule has 1 aromatic rings. The van der Waals surface area contributed by atoms with Crippen LogP contribution in [0.5, 0.6) is 0 Å². The second kappa shape index (κ2) is 7.61. The lowest BCUT2D eigenvalue weighted by Crippen LogP contribution is -2.35. The Bertz CT molecular complexity index is 588. The number of aliphatic carboxylic acids is 2. The highest BCUT2D eigenvalue weighted by Gasteiger charge is 2.25. The van der Waals surface area contributed by atoms with Gasteiger partial charge in [0, 0.05) is 0 Å². The summed E-state index contributed by atoms with van der Waals surface area (Å²) in [5, 5.41) is 26.6. The van der Waals surface area contributed by atoms with E-state index < -0.39 is 23.9 Å². The normalized spacial score (nSPS) is 13.2. The highest BCUT2D eigenvalue weighted by molar-refractivity contribution is 7.94. The predicted molar refractivity (Wildman–Crippen MR) is 73.2 cm³/mol. The standard InChI is InChI=1S/C13H13FN2O4S/c14-21-11-4-7(1-2-8(11)6-15)3-9(12(17)18)5-10(16)13(19)20/h1-2,4,9-10H,3,5,16H2,(H,17,18)(H,19,20). The number of carboxylic acid groups (broad SMARTS) is 2. The van der Waals surface area contributed by atoms with Crippen molar-refractivity contribution in [3.05, 3.63) is 29.3 Å². The summed E-state index contributed by atoms with van der Waals surface area (Å²) in [6, 6.07) is 4.83. The second-order valence-corrected chi connectivity index (χ2v) is 5.03. The monoisotopic (exact) mass is 312 g/mol. The van der Waals surface area contributed by atoms with E-state index in [0.717, 1.165) is 0 Å². The van der Waals surface area contributed by atoms with Crippen LogP contribution in [0.4, 0.5) is 3.89 Å². The van der Waals surface area contributed by atoms with E-state index in [1.54, 1.807) is 0 Å². The van der Waals surface area contributed by atoms with Crippen molar-refractivity contribution in [1.29, 1.82) is 5.26 Å². The minimum atomic E-state index is -1.28. The van der Waals surface area contributed by atoms with Gasteiger partial charge in [-0.2, -0.15) is 9.15 Å². The number of hydrogen-bond acceptors (Lipinski definition) is 5. The smallest absolute Gasteiger partial charge is 0.320 e. The average molecular weight is 312 g/mol. The molecule has 0 saturated heterocycles. The van der Waals surface area contributed by atoms with Crippen LogP contribution in [0, 0.1) is 17.2 Å². The maximum absolute atomic E-state index is 12.7. The van der Waals surface area contributed by atoms with Gasteiger partial charge in [-0.05, 0) is 30.5 Å². The minimum absolute atomic E-state index is 0.00951. The summed E-state index contributed by atoms with van der Waals surface area (Å²) in [4.78, 5) is 21.9. The largest absolute Gasteiger partial charge is 0.481 e. The van der Waals surface area contributed by atoms with Gasteiger partial charge in [0.15, 0.2) is 0 Å². The van der Waals surface area contributed by atoms with Gasteiger partial charge in [0.2, 0.25) is 0 Å². The van der Waals surface area contributed by atoms with Gasteiger partial charge in [-0.25, -0.2) is 0 Å². The van der Waals surface area contributed by atoms with Gasteiger partial charge in [0.1, 0.15) is 12.1 Å². The van der Waals surface area contributed by atoms with E-state index in [2.05, 4.69) is 0 Å². The Hall–Kier alpha value is -2.11. The van der Waals surface area contributed by atoms with Crippen LogP contribution in [-0.2, 0) is 16.0 Å². The van der Waals surface area contributed by atoms with Crippen molar-refractivity contribution < 1.29 is 23.7 Å². The number of rotatable bonds is 7. The molecule has 1 rings (SSSR count). The number of carbonyl (C=O) groups is 2. The zero-order chi connectivity index (χ0) is 16.0. The summed E-state index contributed by atoms with van der Waals surface area (Å²) in [5.74, 6) is -3.45. The van der Waals surface area contributed by atoms with Gasteiger partial charge >= 0.3 is 11.9 Å². The molecule has 2 unspecified atom stereocenters. The number of nitrogens with zero attached hydrogens (tertiary/aromatic N) is 1. The average Bonchev–Trinajstić information content (AvgIpc) is 2.45. The minimum Gasteiger partial charge on any atom is -0.481 e. The van der Waals surface area contributed by atoms with Gasteiger partial charge in [0.05, 0.1) is 28.5 Å². The van der Waals surface area contributed by atoms with Gasteiger partial charge in [-0.15, -0.1) is 0 Å². The lowest BCUT2D eigenvalue weighted by Gasteiger charge is -2.15. The third-order valence-corrected chi connectivity index (χ3v) is 3.44. The van der Waals surface area contributed by atoms with Crippen LogP contribution in [0.25, 0.3) is 0 Å². The summed E-state index contributed by atoms with van der Waals surface area (Å²) in [6.07, 6.45) is -0.224. The van der Waals surface area contributed by atoms with Crippen molar-refractivity contribution in [2.24, 2.45) is 11.7 Å². The van der Waals surface area contributed by atoms with E-state index in [1.807, 2.05) is 6.07 Å². The van der Waals surface area contributed by atoms with Crippen molar-refractivity contribution in [2.45, 2.75) is 23.8 Å². The fraction of sp³-hybridized carbons (Fsp3) is 0.308. The van der Waals surface area contributed by atoms with Crippen LogP contribution in [-0.4, -0.2) is 28.2 Å². The van der Waals surface area contributed by atoms with Crippen LogP contribution in [0.1, 0.15) is 17.5 Å². The van der Waals surface area contributed by atoms with Crippen LogP contribution in [0.3, 0.4) is 0 Å². The molecule has 0 fully saturated rings. The molecule has 0 aliphatic carbocycles. The molecule has 0 saturated carbocycles. The Labute approximate surface area is 124 Å². The number of carboxylic acids is 2. The Morgan fingerprint density at radius 1 is 1.38 bits per heavy atom. The molecule has 6 nitrogen and oxygen atoms in total. The van der Waals surface area contributed by atoms with Crippen LogP contribution < -0.4 is 5.73 Å². The molecular formula is C13H13FN2O4S. The molecule has 0 aliphatic rings. The topological polar surface area (TPSA) is 124 Å². The Morgan fingerprint density at radius 2 is 2.05 bits per heavy atom. The summed E-state index contributed by atoms with van der Waals surface area (Å²) in [6.45, 7) is 0. The van der Waals surface area contributed by atoms with E-state index in [1.165, 1.54) is 18.2 Å². The van der Waals surface area contributed by atoms with Gasteiger partial charge in [0.25, 0.3) is 0 Å². The number of hydrogen-bond donors (Lipinski definition) is 3. The number of nitriles is 1. The molecule has 1 aromatic carbocycles. The van der Waals surface area contributed by atoms with Crippen molar-refractivity contribution in [1.82, 2.24) is 0 Å². The molecule has 0 radical (unpaired) electrons. The summed E-state index contributed by atoms with van der Waals surface area (Å²) in [7, 11) is 0. The van der Waals surface area contributed by atoms with Crippen molar-refractivity contribution >= 4 is 24.1 Å². The van der Waals surface area contributed by atoms with Gasteiger partial charge in [-0.1, -0.05) is 6.07 Å². The van der Waals surface area contributed by atoms with Crippen molar-refractivity contribution in [2.75, 3.05) is 0 Å².